The van der Waals surface area contributed by atoms with Crippen LogP contribution in [0.5, 0.6) is 0 Å². The van der Waals surface area contributed by atoms with Gasteiger partial charge in [0.05, 0.1) is 11.7 Å². The molecular weight excluding hydrogens is 424 g/mol. The summed E-state index contributed by atoms with van der Waals surface area (Å²) in [6.07, 6.45) is 8.46. The highest BCUT2D eigenvalue weighted by Gasteiger charge is 2.65. The molecule has 4 aliphatic carbocycles. The molecule has 34 heavy (non-hydrogen) atoms. The first-order valence-corrected chi connectivity index (χ1v) is 13.8. The smallest absolute Gasteiger partial charge is 0.138 e. The Hall–Kier alpha value is -0.710. The summed E-state index contributed by atoms with van der Waals surface area (Å²) < 4.78 is 0. The number of hydrogen-bond acceptors (Lipinski definition) is 4. The number of allylic oxidation sites excluding steroid dienone is 2. The standard InChI is InChI=1S/C30H50O4/c1-18(17-22(31)25(33)27(4,5)34)19-11-15-30(8)21-9-10-23-26(2,3)24(32)13-14-28(23,6)20(21)12-16-29(19,30)7/h9,18-20,22-23,25,31,33-34H,10-17H2,1-8H3/t18-,19-,20-,22-,23+,25-,28+,29-,30+/m0/s1. The molecule has 0 radical (unpaired) electrons. The highest BCUT2D eigenvalue weighted by molar-refractivity contribution is 5.85. The van der Waals surface area contributed by atoms with Crippen LogP contribution in [0.15, 0.2) is 11.6 Å². The summed E-state index contributed by atoms with van der Waals surface area (Å²) in [4.78, 5) is 12.8. The monoisotopic (exact) mass is 474 g/mol. The molecule has 0 amide bonds. The summed E-state index contributed by atoms with van der Waals surface area (Å²) in [7, 11) is 0. The van der Waals surface area contributed by atoms with Crippen LogP contribution in [0.2, 0.25) is 0 Å². The summed E-state index contributed by atoms with van der Waals surface area (Å²) in [6.45, 7) is 17.2. The molecule has 0 saturated heterocycles. The van der Waals surface area contributed by atoms with E-state index in [9.17, 15) is 20.1 Å². The van der Waals surface area contributed by atoms with Gasteiger partial charge in [-0.1, -0.05) is 53.2 Å². The molecule has 4 aliphatic rings. The third kappa shape index (κ3) is 3.60. The first-order chi connectivity index (χ1) is 15.5. The van der Waals surface area contributed by atoms with Crippen LogP contribution in [-0.4, -0.2) is 38.9 Å². The lowest BCUT2D eigenvalue weighted by atomic mass is 9.41. The first kappa shape index (κ1) is 26.4. The number of carbonyl (C=O) groups is 1. The maximum Gasteiger partial charge on any atom is 0.138 e. The Morgan fingerprint density at radius 1 is 1.06 bits per heavy atom. The van der Waals surface area contributed by atoms with Crippen LogP contribution in [0.3, 0.4) is 0 Å². The normalized spacial score (nSPS) is 44.4. The molecule has 3 N–H and O–H groups in total. The van der Waals surface area contributed by atoms with Gasteiger partial charge in [-0.3, -0.25) is 4.79 Å². The minimum atomic E-state index is -1.31. The second kappa shape index (κ2) is 8.15. The lowest BCUT2D eigenvalue weighted by molar-refractivity contribution is -0.146. The van der Waals surface area contributed by atoms with Gasteiger partial charge in [0, 0.05) is 11.8 Å². The fourth-order valence-electron chi connectivity index (χ4n) is 9.61. The average Bonchev–Trinajstić information content (AvgIpc) is 3.01. The molecule has 3 fully saturated rings. The minimum Gasteiger partial charge on any atom is -0.390 e. The fourth-order valence-corrected chi connectivity index (χ4v) is 9.61. The van der Waals surface area contributed by atoms with Gasteiger partial charge in [0.2, 0.25) is 0 Å². The van der Waals surface area contributed by atoms with Crippen molar-refractivity contribution in [2.75, 3.05) is 0 Å². The lowest BCUT2D eigenvalue weighted by Crippen LogP contribution is -2.57. The number of hydrogen-bond donors (Lipinski definition) is 3. The highest BCUT2D eigenvalue weighted by atomic mass is 16.4. The molecule has 3 saturated carbocycles. The molecule has 194 valence electrons. The third-order valence-electron chi connectivity index (χ3n) is 12.0. The van der Waals surface area contributed by atoms with Crippen LogP contribution in [0.25, 0.3) is 0 Å². The van der Waals surface area contributed by atoms with E-state index in [4.69, 9.17) is 0 Å². The van der Waals surface area contributed by atoms with E-state index in [1.165, 1.54) is 19.3 Å². The summed E-state index contributed by atoms with van der Waals surface area (Å²) in [5.41, 5.74) is 0.630. The zero-order valence-corrected chi connectivity index (χ0v) is 22.9. The Bertz CT molecular complexity index is 852. The van der Waals surface area contributed by atoms with Gasteiger partial charge >= 0.3 is 0 Å². The molecule has 4 nitrogen and oxygen atoms in total. The zero-order valence-electron chi connectivity index (χ0n) is 22.9. The van der Waals surface area contributed by atoms with E-state index in [1.54, 1.807) is 19.4 Å². The third-order valence-corrected chi connectivity index (χ3v) is 12.0. The molecule has 0 aromatic heterocycles. The molecule has 0 aliphatic heterocycles. The molecular formula is C30H50O4. The van der Waals surface area contributed by atoms with Crippen molar-refractivity contribution in [3.05, 3.63) is 11.6 Å². The molecule has 0 aromatic rings. The second-order valence-electron chi connectivity index (χ2n) is 14.5. The maximum absolute atomic E-state index is 12.8. The predicted molar refractivity (Wildman–Crippen MR) is 136 cm³/mol. The Labute approximate surface area is 207 Å². The van der Waals surface area contributed by atoms with E-state index in [1.807, 2.05) is 0 Å². The summed E-state index contributed by atoms with van der Waals surface area (Å²) in [5.74, 6) is 2.19. The molecule has 0 bridgehead atoms. The Balaban J connectivity index is 1.60. The number of ketones is 1. The second-order valence-corrected chi connectivity index (χ2v) is 14.5. The van der Waals surface area contributed by atoms with E-state index in [2.05, 4.69) is 47.6 Å². The molecule has 0 aromatic carbocycles. The summed E-state index contributed by atoms with van der Waals surface area (Å²) >= 11 is 0. The van der Waals surface area contributed by atoms with Crippen molar-refractivity contribution < 1.29 is 20.1 Å². The van der Waals surface area contributed by atoms with Crippen LogP contribution in [-0.2, 0) is 4.79 Å². The SMILES string of the molecule is C[C@@H](C[C@H](O)[C@H](O)C(C)(C)O)[C@@H]1CC[C@]2(C)C3=CC[C@@H]4C(C)(C)C(=O)CC[C@]4(C)[C@H]3CC[C@@]12C. The number of fused-ring (bicyclic) bond motifs is 5. The van der Waals surface area contributed by atoms with Crippen molar-refractivity contribution in [3.63, 3.8) is 0 Å². The molecule has 0 unspecified atom stereocenters. The van der Waals surface area contributed by atoms with Gasteiger partial charge in [0.15, 0.2) is 0 Å². The number of aliphatic hydroxyl groups excluding tert-OH is 2. The van der Waals surface area contributed by atoms with Crippen LogP contribution >= 0.6 is 0 Å². The van der Waals surface area contributed by atoms with Crippen molar-refractivity contribution in [3.8, 4) is 0 Å². The van der Waals surface area contributed by atoms with Gasteiger partial charge in [-0.15, -0.1) is 0 Å². The Morgan fingerprint density at radius 3 is 2.32 bits per heavy atom. The van der Waals surface area contributed by atoms with Gasteiger partial charge in [0.1, 0.15) is 11.9 Å². The largest absolute Gasteiger partial charge is 0.390 e. The fraction of sp³-hybridized carbons (Fsp3) is 0.900. The van der Waals surface area contributed by atoms with Crippen molar-refractivity contribution in [1.82, 2.24) is 0 Å². The minimum absolute atomic E-state index is 0.147. The van der Waals surface area contributed by atoms with Crippen molar-refractivity contribution >= 4 is 5.78 Å². The Morgan fingerprint density at radius 2 is 1.71 bits per heavy atom. The maximum atomic E-state index is 12.8. The van der Waals surface area contributed by atoms with E-state index >= 15 is 0 Å². The van der Waals surface area contributed by atoms with E-state index in [-0.39, 0.29) is 27.6 Å². The molecule has 4 heteroatoms. The molecule has 0 heterocycles. The van der Waals surface area contributed by atoms with Gasteiger partial charge in [-0.05, 0) is 98.7 Å². The lowest BCUT2D eigenvalue weighted by Gasteiger charge is -2.63. The predicted octanol–water partition coefficient (Wildman–Crippen LogP) is 5.68. The summed E-state index contributed by atoms with van der Waals surface area (Å²) in [5, 5.41) is 31.3. The topological polar surface area (TPSA) is 77.8 Å². The van der Waals surface area contributed by atoms with Gasteiger partial charge < -0.3 is 15.3 Å². The summed E-state index contributed by atoms with van der Waals surface area (Å²) in [6, 6.07) is 0. The van der Waals surface area contributed by atoms with Crippen LogP contribution in [0.1, 0.15) is 107 Å². The first-order valence-electron chi connectivity index (χ1n) is 13.8. The molecule has 0 spiro atoms. The number of carbonyl (C=O) groups excluding carboxylic acids is 1. The average molecular weight is 475 g/mol. The molecule has 4 rings (SSSR count). The van der Waals surface area contributed by atoms with Gasteiger partial charge in [-0.2, -0.15) is 0 Å². The van der Waals surface area contributed by atoms with E-state index < -0.39 is 17.8 Å². The number of Topliss-reactive ketones (excluding diaryl/α,β-unsaturated/α-hetero) is 1. The quantitative estimate of drug-likeness (QED) is 0.448. The highest BCUT2D eigenvalue weighted by Crippen LogP contribution is 2.73. The van der Waals surface area contributed by atoms with Crippen LogP contribution < -0.4 is 0 Å². The number of aliphatic hydroxyl groups is 3. The van der Waals surface area contributed by atoms with E-state index in [0.717, 1.165) is 25.7 Å². The van der Waals surface area contributed by atoms with Gasteiger partial charge in [-0.25, -0.2) is 0 Å². The van der Waals surface area contributed by atoms with Crippen LogP contribution in [0.4, 0.5) is 0 Å². The van der Waals surface area contributed by atoms with Crippen molar-refractivity contribution in [2.45, 2.75) is 125 Å². The van der Waals surface area contributed by atoms with Crippen molar-refractivity contribution in [1.29, 1.82) is 0 Å². The van der Waals surface area contributed by atoms with Gasteiger partial charge in [0.25, 0.3) is 0 Å². The molecule has 9 atom stereocenters. The van der Waals surface area contributed by atoms with Crippen LogP contribution in [0, 0.1) is 45.3 Å². The zero-order chi connectivity index (χ0) is 25.5. The van der Waals surface area contributed by atoms with Crippen molar-refractivity contribution in [2.24, 2.45) is 45.3 Å². The van der Waals surface area contributed by atoms with E-state index in [0.29, 0.717) is 30.0 Å². The number of rotatable bonds is 5. The Kier molecular flexibility index (Phi) is 6.32.